The SMILES string of the molecule is CC1CCC2C(CCC3C2CCC2(C)C(C(=O)CCn4ccc(C#N)n4)CCC32)C1. The zero-order chi connectivity index (χ0) is 20.9. The van der Waals surface area contributed by atoms with Gasteiger partial charge in [-0.05, 0) is 98.4 Å². The first kappa shape index (κ1) is 20.3. The molecule has 4 fully saturated rings. The molecule has 8 unspecified atom stereocenters. The van der Waals surface area contributed by atoms with Gasteiger partial charge in [-0.15, -0.1) is 0 Å². The number of ketones is 1. The molecule has 0 spiro atoms. The molecule has 4 nitrogen and oxygen atoms in total. The normalized spacial score (nSPS) is 42.6. The molecule has 0 aromatic carbocycles. The van der Waals surface area contributed by atoms with Crippen molar-refractivity contribution in [2.75, 3.05) is 0 Å². The largest absolute Gasteiger partial charge is 0.299 e. The highest BCUT2D eigenvalue weighted by Crippen LogP contribution is 2.64. The highest BCUT2D eigenvalue weighted by atomic mass is 16.1. The monoisotopic (exact) mass is 407 g/mol. The number of Topliss-reactive ketones (excluding diaryl/α,β-unsaturated/α-hetero) is 1. The van der Waals surface area contributed by atoms with E-state index in [-0.39, 0.29) is 11.3 Å². The second-order valence-corrected chi connectivity index (χ2v) is 11.3. The van der Waals surface area contributed by atoms with Crippen molar-refractivity contribution in [2.45, 2.75) is 84.6 Å². The van der Waals surface area contributed by atoms with Gasteiger partial charge in [0, 0.05) is 25.1 Å². The first-order valence-electron chi connectivity index (χ1n) is 12.5. The third-order valence-electron chi connectivity index (χ3n) is 9.95. The van der Waals surface area contributed by atoms with Crippen LogP contribution in [0.3, 0.4) is 0 Å². The molecule has 0 bridgehead atoms. The highest BCUT2D eigenvalue weighted by Gasteiger charge is 2.58. The van der Waals surface area contributed by atoms with Gasteiger partial charge >= 0.3 is 0 Å². The smallest absolute Gasteiger partial charge is 0.162 e. The average molecular weight is 408 g/mol. The lowest BCUT2D eigenvalue weighted by Crippen LogP contribution is -2.49. The van der Waals surface area contributed by atoms with Crippen LogP contribution in [0.2, 0.25) is 0 Å². The van der Waals surface area contributed by atoms with Gasteiger partial charge in [-0.2, -0.15) is 10.4 Å². The standard InChI is InChI=1S/C26H37N3O/c1-17-3-5-20-18(15-17)4-6-22-21(20)9-12-26(2)23(22)7-8-24(26)25(30)11-14-29-13-10-19(16-27)28-29/h10,13,17-18,20-24H,3-9,11-12,14-15H2,1-2H3. The molecule has 4 heteroatoms. The molecule has 162 valence electrons. The number of aromatic nitrogens is 2. The molecule has 4 saturated carbocycles. The Labute approximate surface area is 181 Å². The molecule has 0 saturated heterocycles. The average Bonchev–Trinajstić information content (AvgIpc) is 3.35. The molecule has 30 heavy (non-hydrogen) atoms. The van der Waals surface area contributed by atoms with Crippen LogP contribution in [0.15, 0.2) is 12.3 Å². The fraction of sp³-hybridized carbons (Fsp3) is 0.808. The minimum atomic E-state index is 0.217. The molecule has 5 rings (SSSR count). The number of nitrogens with zero attached hydrogens (tertiary/aromatic N) is 3. The predicted octanol–water partition coefficient (Wildman–Crippen LogP) is 5.62. The van der Waals surface area contributed by atoms with E-state index in [9.17, 15) is 4.79 Å². The summed E-state index contributed by atoms with van der Waals surface area (Å²) in [5, 5.41) is 13.2. The number of fused-ring (bicyclic) bond motifs is 5. The lowest BCUT2D eigenvalue weighted by molar-refractivity contribution is -0.130. The van der Waals surface area contributed by atoms with E-state index in [1.54, 1.807) is 10.7 Å². The lowest BCUT2D eigenvalue weighted by atomic mass is 9.49. The van der Waals surface area contributed by atoms with E-state index in [1.807, 2.05) is 6.20 Å². The summed E-state index contributed by atoms with van der Waals surface area (Å²) in [6.45, 7) is 5.52. The molecule has 0 N–H and O–H groups in total. The number of nitriles is 1. The van der Waals surface area contributed by atoms with E-state index < -0.39 is 0 Å². The van der Waals surface area contributed by atoms with Crippen LogP contribution in [0.25, 0.3) is 0 Å². The molecule has 0 amide bonds. The van der Waals surface area contributed by atoms with Crippen LogP contribution in [0, 0.1) is 58.2 Å². The molecule has 8 atom stereocenters. The highest BCUT2D eigenvalue weighted by molar-refractivity contribution is 5.82. The Hall–Kier alpha value is -1.63. The molecular weight excluding hydrogens is 370 g/mol. The van der Waals surface area contributed by atoms with Crippen molar-refractivity contribution in [2.24, 2.45) is 46.8 Å². The van der Waals surface area contributed by atoms with Crippen LogP contribution >= 0.6 is 0 Å². The van der Waals surface area contributed by atoms with Crippen LogP contribution in [-0.2, 0) is 11.3 Å². The second kappa shape index (κ2) is 7.81. The summed E-state index contributed by atoms with van der Waals surface area (Å²) in [5.74, 6) is 6.16. The number of hydrogen-bond acceptors (Lipinski definition) is 3. The molecule has 0 radical (unpaired) electrons. The van der Waals surface area contributed by atoms with Gasteiger partial charge in [-0.25, -0.2) is 0 Å². The number of aryl methyl sites for hydroxylation is 1. The first-order chi connectivity index (χ1) is 14.5. The van der Waals surface area contributed by atoms with Crippen molar-refractivity contribution in [3.05, 3.63) is 18.0 Å². The molecule has 1 aromatic rings. The van der Waals surface area contributed by atoms with Gasteiger partial charge in [-0.1, -0.05) is 20.3 Å². The number of hydrogen-bond donors (Lipinski definition) is 0. The Kier molecular flexibility index (Phi) is 5.28. The molecule has 0 aliphatic heterocycles. The van der Waals surface area contributed by atoms with E-state index in [1.165, 1.54) is 51.4 Å². The fourth-order valence-electron chi connectivity index (χ4n) is 8.56. The number of carbonyl (C=O) groups excluding carboxylic acids is 1. The van der Waals surface area contributed by atoms with Crippen molar-refractivity contribution in [1.29, 1.82) is 5.26 Å². The van der Waals surface area contributed by atoms with E-state index in [0.29, 0.717) is 24.4 Å². The van der Waals surface area contributed by atoms with Gasteiger partial charge in [0.05, 0.1) is 0 Å². The molecule has 1 heterocycles. The van der Waals surface area contributed by atoms with Crippen LogP contribution in [-0.4, -0.2) is 15.6 Å². The second-order valence-electron chi connectivity index (χ2n) is 11.3. The minimum absolute atomic E-state index is 0.217. The number of carbonyl (C=O) groups is 1. The van der Waals surface area contributed by atoms with Crippen LogP contribution < -0.4 is 0 Å². The van der Waals surface area contributed by atoms with E-state index >= 15 is 0 Å². The van der Waals surface area contributed by atoms with Crippen LogP contribution in [0.4, 0.5) is 0 Å². The summed E-state index contributed by atoms with van der Waals surface area (Å²) >= 11 is 0. The van der Waals surface area contributed by atoms with Gasteiger partial charge in [0.25, 0.3) is 0 Å². The van der Waals surface area contributed by atoms with Gasteiger partial charge in [-0.3, -0.25) is 9.48 Å². The number of rotatable bonds is 4. The summed E-state index contributed by atoms with van der Waals surface area (Å²) in [7, 11) is 0. The summed E-state index contributed by atoms with van der Waals surface area (Å²) in [6.07, 6.45) is 14.6. The maximum atomic E-state index is 13.3. The molecule has 4 aliphatic rings. The quantitative estimate of drug-likeness (QED) is 0.651. The van der Waals surface area contributed by atoms with Gasteiger partial charge in [0.15, 0.2) is 5.69 Å². The minimum Gasteiger partial charge on any atom is -0.299 e. The van der Waals surface area contributed by atoms with E-state index in [4.69, 9.17) is 5.26 Å². The van der Waals surface area contributed by atoms with Crippen molar-refractivity contribution in [3.63, 3.8) is 0 Å². The van der Waals surface area contributed by atoms with Crippen molar-refractivity contribution < 1.29 is 4.79 Å². The summed E-state index contributed by atoms with van der Waals surface area (Å²) in [6, 6.07) is 3.79. The van der Waals surface area contributed by atoms with Gasteiger partial charge in [0.1, 0.15) is 11.9 Å². The van der Waals surface area contributed by atoms with Gasteiger partial charge in [0.2, 0.25) is 0 Å². The maximum absolute atomic E-state index is 13.3. The van der Waals surface area contributed by atoms with Gasteiger partial charge < -0.3 is 0 Å². The predicted molar refractivity (Wildman–Crippen MR) is 116 cm³/mol. The maximum Gasteiger partial charge on any atom is 0.162 e. The van der Waals surface area contributed by atoms with Crippen molar-refractivity contribution >= 4 is 5.78 Å². The Balaban J connectivity index is 1.26. The fourth-order valence-corrected chi connectivity index (χ4v) is 8.56. The summed E-state index contributed by atoms with van der Waals surface area (Å²) < 4.78 is 1.76. The topological polar surface area (TPSA) is 58.7 Å². The van der Waals surface area contributed by atoms with Crippen LogP contribution in [0.5, 0.6) is 0 Å². The Bertz CT molecular complexity index is 838. The van der Waals surface area contributed by atoms with E-state index in [0.717, 1.165) is 41.9 Å². The Morgan fingerprint density at radius 3 is 2.80 bits per heavy atom. The third kappa shape index (κ3) is 3.33. The molecule has 4 aliphatic carbocycles. The van der Waals surface area contributed by atoms with Crippen LogP contribution in [0.1, 0.15) is 83.7 Å². The van der Waals surface area contributed by atoms with Crippen molar-refractivity contribution in [1.82, 2.24) is 9.78 Å². The Morgan fingerprint density at radius 2 is 2.00 bits per heavy atom. The zero-order valence-corrected chi connectivity index (χ0v) is 18.7. The van der Waals surface area contributed by atoms with Crippen molar-refractivity contribution in [3.8, 4) is 6.07 Å². The summed E-state index contributed by atoms with van der Waals surface area (Å²) in [5.41, 5.74) is 0.649. The van der Waals surface area contributed by atoms with E-state index in [2.05, 4.69) is 25.0 Å². The molecule has 1 aromatic heterocycles. The first-order valence-corrected chi connectivity index (χ1v) is 12.5. The summed E-state index contributed by atoms with van der Waals surface area (Å²) in [4.78, 5) is 13.3. The third-order valence-corrected chi connectivity index (χ3v) is 9.95. The zero-order valence-electron chi connectivity index (χ0n) is 18.7. The Morgan fingerprint density at radius 1 is 1.17 bits per heavy atom. The lowest BCUT2D eigenvalue weighted by Gasteiger charge is -2.56. The molecular formula is C26H37N3O.